The lowest BCUT2D eigenvalue weighted by Gasteiger charge is -2.32. The number of ether oxygens (including phenoxy) is 1. The van der Waals surface area contributed by atoms with Crippen molar-refractivity contribution in [1.29, 1.82) is 0 Å². The highest BCUT2D eigenvalue weighted by atomic mass is 16.5. The van der Waals surface area contributed by atoms with Gasteiger partial charge in [0.05, 0.1) is 11.6 Å². The Morgan fingerprint density at radius 1 is 1.33 bits per heavy atom. The second-order valence-electron chi connectivity index (χ2n) is 6.15. The molecule has 18 heavy (non-hydrogen) atoms. The molecule has 0 heterocycles. The zero-order valence-corrected chi connectivity index (χ0v) is 11.9. The highest BCUT2D eigenvalue weighted by Gasteiger charge is 2.26. The molecule has 0 radical (unpaired) electrons. The molecule has 4 N–H and O–H groups in total. The van der Waals surface area contributed by atoms with Crippen LogP contribution in [0.2, 0.25) is 0 Å². The molecular formula is C14H28N2O2. The molecule has 0 saturated heterocycles. The maximum atomic E-state index is 11.1. The zero-order chi connectivity index (χ0) is 13.8. The lowest BCUT2D eigenvalue weighted by molar-refractivity contribution is -0.122. The Morgan fingerprint density at radius 2 is 2.00 bits per heavy atom. The van der Waals surface area contributed by atoms with Gasteiger partial charge in [0, 0.05) is 6.61 Å². The van der Waals surface area contributed by atoms with Gasteiger partial charge >= 0.3 is 0 Å². The Labute approximate surface area is 110 Å². The number of carbonyl (C=O) groups is 1. The summed E-state index contributed by atoms with van der Waals surface area (Å²) in [5.41, 5.74) is 10.1. The molecule has 1 aliphatic rings. The monoisotopic (exact) mass is 256 g/mol. The van der Waals surface area contributed by atoms with E-state index in [1.54, 1.807) is 6.92 Å². The lowest BCUT2D eigenvalue weighted by Crippen LogP contribution is -2.49. The average Bonchev–Trinajstić information content (AvgIpc) is 2.29. The molecule has 0 bridgehead atoms. The van der Waals surface area contributed by atoms with Crippen LogP contribution in [0.15, 0.2) is 0 Å². The van der Waals surface area contributed by atoms with Crippen LogP contribution in [-0.4, -0.2) is 24.2 Å². The van der Waals surface area contributed by atoms with Gasteiger partial charge in [-0.1, -0.05) is 13.8 Å². The molecule has 1 saturated carbocycles. The fourth-order valence-corrected chi connectivity index (χ4v) is 2.46. The van der Waals surface area contributed by atoms with Crippen molar-refractivity contribution in [2.45, 2.75) is 64.5 Å². The Morgan fingerprint density at radius 3 is 2.56 bits per heavy atom. The number of amides is 1. The maximum Gasteiger partial charge on any atom is 0.237 e. The van der Waals surface area contributed by atoms with Crippen LogP contribution in [0.4, 0.5) is 0 Å². The quantitative estimate of drug-likeness (QED) is 0.711. The second kappa shape index (κ2) is 6.53. The number of nitrogens with two attached hydrogens (primary N) is 2. The number of rotatable bonds is 6. The van der Waals surface area contributed by atoms with Crippen molar-refractivity contribution in [3.63, 3.8) is 0 Å². The van der Waals surface area contributed by atoms with Crippen molar-refractivity contribution in [2.24, 2.45) is 23.3 Å². The Balaban J connectivity index is 2.17. The van der Waals surface area contributed by atoms with Crippen molar-refractivity contribution < 1.29 is 9.53 Å². The highest BCUT2D eigenvalue weighted by Crippen LogP contribution is 2.31. The van der Waals surface area contributed by atoms with Crippen LogP contribution in [-0.2, 0) is 9.53 Å². The Bertz CT molecular complexity index is 279. The van der Waals surface area contributed by atoms with Crippen molar-refractivity contribution >= 4 is 5.91 Å². The van der Waals surface area contributed by atoms with Crippen LogP contribution < -0.4 is 11.5 Å². The third kappa shape index (κ3) is 4.58. The number of primary amides is 1. The van der Waals surface area contributed by atoms with Gasteiger partial charge in [0.25, 0.3) is 0 Å². The van der Waals surface area contributed by atoms with Crippen molar-refractivity contribution in [2.75, 3.05) is 6.61 Å². The first kappa shape index (κ1) is 15.4. The summed E-state index contributed by atoms with van der Waals surface area (Å²) in [6.45, 7) is 6.96. The largest absolute Gasteiger partial charge is 0.378 e. The van der Waals surface area contributed by atoms with E-state index in [1.165, 1.54) is 6.42 Å². The predicted octanol–water partition coefficient (Wildman–Crippen LogP) is 1.81. The van der Waals surface area contributed by atoms with Gasteiger partial charge in [-0.3, -0.25) is 4.79 Å². The smallest absolute Gasteiger partial charge is 0.237 e. The Hall–Kier alpha value is -0.610. The van der Waals surface area contributed by atoms with E-state index >= 15 is 0 Å². The third-order valence-electron chi connectivity index (χ3n) is 4.31. The van der Waals surface area contributed by atoms with Gasteiger partial charge in [-0.2, -0.15) is 0 Å². The minimum absolute atomic E-state index is 0.383. The van der Waals surface area contributed by atoms with Gasteiger partial charge < -0.3 is 16.2 Å². The van der Waals surface area contributed by atoms with Gasteiger partial charge in [-0.25, -0.2) is 0 Å². The number of hydrogen-bond acceptors (Lipinski definition) is 3. The van der Waals surface area contributed by atoms with Gasteiger partial charge in [-0.15, -0.1) is 0 Å². The molecule has 4 heteroatoms. The fraction of sp³-hybridized carbons (Fsp3) is 0.929. The molecule has 0 spiro atoms. The fourth-order valence-electron chi connectivity index (χ4n) is 2.46. The highest BCUT2D eigenvalue weighted by molar-refractivity contribution is 5.83. The molecule has 0 aliphatic heterocycles. The topological polar surface area (TPSA) is 78.3 Å². The molecule has 106 valence electrons. The molecule has 1 aliphatic carbocycles. The molecule has 4 atom stereocenters. The van der Waals surface area contributed by atoms with E-state index in [4.69, 9.17) is 16.2 Å². The summed E-state index contributed by atoms with van der Waals surface area (Å²) in [5.74, 6) is 1.11. The minimum Gasteiger partial charge on any atom is -0.378 e. The van der Waals surface area contributed by atoms with E-state index in [-0.39, 0.29) is 0 Å². The van der Waals surface area contributed by atoms with E-state index in [1.807, 2.05) is 0 Å². The van der Waals surface area contributed by atoms with Crippen LogP contribution in [0, 0.1) is 11.8 Å². The van der Waals surface area contributed by atoms with Crippen molar-refractivity contribution in [3.8, 4) is 0 Å². The number of carbonyl (C=O) groups excluding carboxylic acids is 1. The summed E-state index contributed by atoms with van der Waals surface area (Å²) in [6.07, 6.45) is 5.31. The second-order valence-corrected chi connectivity index (χ2v) is 6.15. The van der Waals surface area contributed by atoms with Gasteiger partial charge in [0.1, 0.15) is 0 Å². The Kier molecular flexibility index (Phi) is 5.60. The predicted molar refractivity (Wildman–Crippen MR) is 72.9 cm³/mol. The average molecular weight is 256 g/mol. The van der Waals surface area contributed by atoms with E-state index in [0.717, 1.165) is 31.1 Å². The van der Waals surface area contributed by atoms with E-state index < -0.39 is 11.4 Å². The molecule has 4 unspecified atom stereocenters. The summed E-state index contributed by atoms with van der Waals surface area (Å²) < 4.78 is 5.87. The molecular weight excluding hydrogens is 228 g/mol. The van der Waals surface area contributed by atoms with Gasteiger partial charge in [0.2, 0.25) is 5.91 Å². The van der Waals surface area contributed by atoms with Crippen LogP contribution in [0.5, 0.6) is 0 Å². The van der Waals surface area contributed by atoms with Crippen LogP contribution in [0.25, 0.3) is 0 Å². The summed E-state index contributed by atoms with van der Waals surface area (Å²) >= 11 is 0. The standard InChI is InChI=1S/C14H28N2O2/c1-10-5-6-12(9-11(10)2)18-8-4-7-14(3,16)13(15)17/h10-12H,4-9,16H2,1-3H3,(H2,15,17). The molecule has 4 nitrogen and oxygen atoms in total. The SMILES string of the molecule is CC1CCC(OCCCC(C)(N)C(N)=O)CC1C. The number of hydrogen-bond donors (Lipinski definition) is 2. The van der Waals surface area contributed by atoms with Gasteiger partial charge in [0.15, 0.2) is 0 Å². The first-order valence-electron chi connectivity index (χ1n) is 7.03. The van der Waals surface area contributed by atoms with Gasteiger partial charge in [-0.05, 0) is 50.9 Å². The summed E-state index contributed by atoms with van der Waals surface area (Å²) in [6, 6.07) is 0. The van der Waals surface area contributed by atoms with Crippen molar-refractivity contribution in [1.82, 2.24) is 0 Å². The molecule has 1 rings (SSSR count). The van der Waals surface area contributed by atoms with E-state index in [0.29, 0.717) is 19.1 Å². The molecule has 0 aromatic carbocycles. The third-order valence-corrected chi connectivity index (χ3v) is 4.31. The maximum absolute atomic E-state index is 11.1. The summed E-state index contributed by atoms with van der Waals surface area (Å²) in [4.78, 5) is 11.1. The first-order valence-corrected chi connectivity index (χ1v) is 7.03. The molecule has 1 fully saturated rings. The van der Waals surface area contributed by atoms with Crippen molar-refractivity contribution in [3.05, 3.63) is 0 Å². The van der Waals surface area contributed by atoms with E-state index in [9.17, 15) is 4.79 Å². The first-order chi connectivity index (χ1) is 8.33. The summed E-state index contributed by atoms with van der Waals surface area (Å²) in [5, 5.41) is 0. The van der Waals surface area contributed by atoms with Crippen LogP contribution >= 0.6 is 0 Å². The minimum atomic E-state index is -0.905. The van der Waals surface area contributed by atoms with Crippen LogP contribution in [0.3, 0.4) is 0 Å². The summed E-state index contributed by atoms with van der Waals surface area (Å²) in [7, 11) is 0. The normalized spacial score (nSPS) is 31.9. The molecule has 1 amide bonds. The lowest BCUT2D eigenvalue weighted by atomic mass is 9.80. The van der Waals surface area contributed by atoms with Crippen LogP contribution in [0.1, 0.15) is 52.9 Å². The molecule has 0 aromatic heterocycles. The molecule has 0 aromatic rings. The zero-order valence-electron chi connectivity index (χ0n) is 11.9. The van der Waals surface area contributed by atoms with E-state index in [2.05, 4.69) is 13.8 Å².